The van der Waals surface area contributed by atoms with Gasteiger partial charge in [-0.05, 0) is 36.8 Å². The molecule has 3 N–H and O–H groups in total. The van der Waals surface area contributed by atoms with Crippen molar-refractivity contribution in [2.45, 2.75) is 12.0 Å². The molecule has 0 bridgehead atoms. The quantitative estimate of drug-likeness (QED) is 0.882. The van der Waals surface area contributed by atoms with E-state index >= 15 is 0 Å². The fourth-order valence-electron chi connectivity index (χ4n) is 4.16. The Morgan fingerprint density at radius 3 is 2.92 bits per heavy atom. The fourth-order valence-corrected chi connectivity index (χ4v) is 4.16. The van der Waals surface area contributed by atoms with Crippen LogP contribution in [0.2, 0.25) is 0 Å². The SMILES string of the molecule is NC1=N[C@@]2(c3cc(NC(=O)c4ncccc4F)ccc3F)C3CC32CO1. The molecule has 1 spiro atoms. The van der Waals surface area contributed by atoms with Gasteiger partial charge in [-0.3, -0.25) is 4.79 Å². The molecule has 2 fully saturated rings. The lowest BCUT2D eigenvalue weighted by Crippen LogP contribution is -2.35. The number of hydrogen-bond donors (Lipinski definition) is 2. The van der Waals surface area contributed by atoms with Crippen LogP contribution in [0.5, 0.6) is 0 Å². The summed E-state index contributed by atoms with van der Waals surface area (Å²) in [5.41, 5.74) is 5.19. The summed E-state index contributed by atoms with van der Waals surface area (Å²) < 4.78 is 33.6. The molecule has 0 radical (unpaired) electrons. The summed E-state index contributed by atoms with van der Waals surface area (Å²) in [5, 5.41) is 2.56. The number of aliphatic imine (C=N–C) groups is 1. The number of carbonyl (C=O) groups excluding carboxylic acids is 1. The smallest absolute Gasteiger partial charge is 0.282 e. The van der Waals surface area contributed by atoms with Crippen LogP contribution in [-0.4, -0.2) is 23.5 Å². The molecule has 1 amide bonds. The second kappa shape index (κ2) is 4.78. The number of anilines is 1. The van der Waals surface area contributed by atoms with Crippen LogP contribution in [0.4, 0.5) is 14.5 Å². The normalized spacial score (nSPS) is 30.4. The predicted octanol–water partition coefficient (Wildman–Crippen LogP) is 2.17. The third-order valence-corrected chi connectivity index (χ3v) is 5.63. The van der Waals surface area contributed by atoms with E-state index in [1.807, 2.05) is 0 Å². The lowest BCUT2D eigenvalue weighted by Gasteiger charge is -2.29. The zero-order valence-electron chi connectivity index (χ0n) is 13.5. The number of amides is 1. The maximum absolute atomic E-state index is 14.5. The van der Waals surface area contributed by atoms with E-state index in [-0.39, 0.29) is 23.0 Å². The largest absolute Gasteiger partial charge is 0.465 e. The third-order valence-electron chi connectivity index (χ3n) is 5.63. The lowest BCUT2D eigenvalue weighted by molar-refractivity contribution is 0.101. The van der Waals surface area contributed by atoms with E-state index in [4.69, 9.17) is 10.5 Å². The van der Waals surface area contributed by atoms with Gasteiger partial charge < -0.3 is 15.8 Å². The third kappa shape index (κ3) is 1.81. The van der Waals surface area contributed by atoms with Crippen LogP contribution in [0, 0.1) is 23.0 Å². The summed E-state index contributed by atoms with van der Waals surface area (Å²) in [6, 6.07) is 6.81. The molecule has 0 saturated heterocycles. The van der Waals surface area contributed by atoms with Crippen LogP contribution >= 0.6 is 0 Å². The Bertz CT molecular complexity index is 995. The molecule has 2 aliphatic carbocycles. The van der Waals surface area contributed by atoms with Gasteiger partial charge in [0.25, 0.3) is 11.9 Å². The van der Waals surface area contributed by atoms with Crippen LogP contribution in [0.25, 0.3) is 0 Å². The summed E-state index contributed by atoms with van der Waals surface area (Å²) in [5.74, 6) is -1.65. The van der Waals surface area contributed by atoms with Crippen LogP contribution in [0.15, 0.2) is 41.5 Å². The number of ether oxygens (including phenoxy) is 1. The van der Waals surface area contributed by atoms with Crippen LogP contribution in [0.1, 0.15) is 22.5 Å². The number of amidine groups is 1. The second-order valence-electron chi connectivity index (χ2n) is 6.90. The van der Waals surface area contributed by atoms with Gasteiger partial charge in [-0.1, -0.05) is 0 Å². The first-order chi connectivity index (χ1) is 12.5. The van der Waals surface area contributed by atoms with E-state index in [0.29, 0.717) is 17.9 Å². The maximum Gasteiger partial charge on any atom is 0.282 e. The number of hydrogen-bond acceptors (Lipinski definition) is 5. The Morgan fingerprint density at radius 2 is 2.15 bits per heavy atom. The second-order valence-corrected chi connectivity index (χ2v) is 6.90. The summed E-state index contributed by atoms with van der Waals surface area (Å²) in [6.45, 7) is 0.419. The summed E-state index contributed by atoms with van der Waals surface area (Å²) in [7, 11) is 0. The average Bonchev–Trinajstić information content (AvgIpc) is 3.48. The first kappa shape index (κ1) is 15.2. The van der Waals surface area contributed by atoms with Gasteiger partial charge in [0.15, 0.2) is 11.5 Å². The molecule has 3 atom stereocenters. The van der Waals surface area contributed by atoms with Gasteiger partial charge in [0, 0.05) is 28.8 Å². The lowest BCUT2D eigenvalue weighted by atomic mass is 9.88. The monoisotopic (exact) mass is 356 g/mol. The Balaban J connectivity index is 1.48. The van der Waals surface area contributed by atoms with Crippen LogP contribution < -0.4 is 11.1 Å². The number of halogens is 2. The topological polar surface area (TPSA) is 89.6 Å². The van der Waals surface area contributed by atoms with Gasteiger partial charge >= 0.3 is 0 Å². The molecule has 2 saturated carbocycles. The maximum atomic E-state index is 14.5. The molecule has 1 aliphatic heterocycles. The number of fused-ring (bicyclic) bond motifs is 1. The number of aromatic nitrogens is 1. The van der Waals surface area contributed by atoms with Crippen molar-refractivity contribution < 1.29 is 18.3 Å². The van der Waals surface area contributed by atoms with Gasteiger partial charge in [0.1, 0.15) is 18.0 Å². The molecule has 2 unspecified atom stereocenters. The summed E-state index contributed by atoms with van der Waals surface area (Å²) >= 11 is 0. The number of carbonyl (C=O) groups is 1. The Morgan fingerprint density at radius 1 is 1.31 bits per heavy atom. The minimum atomic E-state index is -0.727. The van der Waals surface area contributed by atoms with Crippen LogP contribution in [-0.2, 0) is 10.3 Å². The van der Waals surface area contributed by atoms with Crippen molar-refractivity contribution in [3.8, 4) is 0 Å². The van der Waals surface area contributed by atoms with E-state index in [2.05, 4.69) is 15.3 Å². The van der Waals surface area contributed by atoms with Gasteiger partial charge in [0.2, 0.25) is 0 Å². The molecule has 6 nitrogen and oxygen atoms in total. The Kier molecular flexibility index (Phi) is 2.80. The molecule has 5 rings (SSSR count). The molecule has 26 heavy (non-hydrogen) atoms. The van der Waals surface area contributed by atoms with Gasteiger partial charge in [-0.25, -0.2) is 18.8 Å². The van der Waals surface area contributed by atoms with E-state index in [9.17, 15) is 13.6 Å². The zero-order valence-corrected chi connectivity index (χ0v) is 13.5. The predicted molar refractivity (Wildman–Crippen MR) is 88.3 cm³/mol. The highest BCUT2D eigenvalue weighted by molar-refractivity contribution is 6.03. The minimum Gasteiger partial charge on any atom is -0.465 e. The van der Waals surface area contributed by atoms with Gasteiger partial charge in [0.05, 0.1) is 0 Å². The highest BCUT2D eigenvalue weighted by Gasteiger charge is 2.92. The molecule has 1 aromatic heterocycles. The van der Waals surface area contributed by atoms with E-state index in [1.54, 1.807) is 0 Å². The number of rotatable bonds is 3. The fraction of sp³-hybridized carbons (Fsp3) is 0.278. The van der Waals surface area contributed by atoms with E-state index in [0.717, 1.165) is 12.5 Å². The highest BCUT2D eigenvalue weighted by atomic mass is 19.1. The number of benzene rings is 1. The highest BCUT2D eigenvalue weighted by Crippen LogP contribution is 2.89. The van der Waals surface area contributed by atoms with Gasteiger partial charge in [-0.15, -0.1) is 0 Å². The van der Waals surface area contributed by atoms with Crippen molar-refractivity contribution in [2.24, 2.45) is 22.1 Å². The molecule has 1 aromatic carbocycles. The van der Waals surface area contributed by atoms with Crippen molar-refractivity contribution >= 4 is 17.6 Å². The van der Waals surface area contributed by atoms with Crippen molar-refractivity contribution in [3.63, 3.8) is 0 Å². The number of nitrogens with one attached hydrogen (secondary N) is 1. The van der Waals surface area contributed by atoms with E-state index < -0.39 is 23.1 Å². The minimum absolute atomic E-state index is 0.0484. The van der Waals surface area contributed by atoms with Crippen LogP contribution in [0.3, 0.4) is 0 Å². The van der Waals surface area contributed by atoms with Gasteiger partial charge in [-0.2, -0.15) is 0 Å². The number of pyridine rings is 1. The molecule has 2 heterocycles. The summed E-state index contributed by atoms with van der Waals surface area (Å²) in [6.07, 6.45) is 2.24. The first-order valence-corrected chi connectivity index (χ1v) is 8.18. The average molecular weight is 356 g/mol. The molecule has 2 aromatic rings. The van der Waals surface area contributed by atoms with Crippen molar-refractivity contribution in [1.82, 2.24) is 4.98 Å². The van der Waals surface area contributed by atoms with Crippen molar-refractivity contribution in [1.29, 1.82) is 0 Å². The summed E-state index contributed by atoms with van der Waals surface area (Å²) in [4.78, 5) is 20.4. The first-order valence-electron chi connectivity index (χ1n) is 8.18. The molecule has 132 valence electrons. The Labute approximate surface area is 147 Å². The van der Waals surface area contributed by atoms with Crippen molar-refractivity contribution in [3.05, 3.63) is 59.4 Å². The standard InChI is InChI=1S/C18H14F2N4O2/c19-11-4-3-9(23-15(25)14-12(20)2-1-5-22-14)6-10(11)18-13-7-17(13,18)8-26-16(21)24-18/h1-6,13H,7-8H2,(H2,21,24)(H,23,25)/t13?,17?,18-/m0/s1. The number of nitrogens with two attached hydrogens (primary N) is 1. The molecular weight excluding hydrogens is 342 g/mol. The van der Waals surface area contributed by atoms with E-state index in [1.165, 1.54) is 30.5 Å². The number of nitrogens with zero attached hydrogens (tertiary/aromatic N) is 2. The molecular formula is C18H14F2N4O2. The molecule has 3 aliphatic rings. The Hall–Kier alpha value is -3.03. The van der Waals surface area contributed by atoms with Crippen molar-refractivity contribution in [2.75, 3.05) is 11.9 Å². The zero-order chi connectivity index (χ0) is 18.1. The molecule has 8 heteroatoms.